The van der Waals surface area contributed by atoms with Crippen LogP contribution in [0.25, 0.3) is 0 Å². The van der Waals surface area contributed by atoms with Crippen LogP contribution in [0.4, 0.5) is 0 Å². The number of thiophene rings is 1. The van der Waals surface area contributed by atoms with Crippen molar-refractivity contribution in [3.63, 3.8) is 0 Å². The molecule has 1 unspecified atom stereocenters. The van der Waals surface area contributed by atoms with Crippen LogP contribution in [0.3, 0.4) is 0 Å². The highest BCUT2D eigenvalue weighted by molar-refractivity contribution is 7.92. The number of aliphatic hydroxyl groups is 1. The van der Waals surface area contributed by atoms with Crippen LogP contribution in [0.15, 0.2) is 10.3 Å². The Morgan fingerprint density at radius 3 is 2.75 bits per heavy atom. The topological polar surface area (TPSA) is 101 Å². The molecule has 9 heteroatoms. The molecule has 20 heavy (non-hydrogen) atoms. The zero-order valence-electron chi connectivity index (χ0n) is 11.0. The molecule has 2 N–H and O–H groups in total. The first-order valence-electron chi connectivity index (χ1n) is 6.16. The number of hydrogen-bond acceptors (Lipinski definition) is 6. The molecule has 114 valence electrons. The van der Waals surface area contributed by atoms with Crippen molar-refractivity contribution in [3.05, 3.63) is 16.5 Å². The van der Waals surface area contributed by atoms with E-state index in [2.05, 4.69) is 4.72 Å². The minimum absolute atomic E-state index is 0.113. The van der Waals surface area contributed by atoms with Crippen molar-refractivity contribution in [2.75, 3.05) is 11.5 Å². The van der Waals surface area contributed by atoms with Crippen molar-refractivity contribution >= 4 is 31.2 Å². The molecule has 1 atom stereocenters. The summed E-state index contributed by atoms with van der Waals surface area (Å²) in [7, 11) is -6.89. The van der Waals surface area contributed by atoms with E-state index in [1.807, 2.05) is 0 Å². The summed E-state index contributed by atoms with van der Waals surface area (Å²) in [6.45, 7) is 1.52. The second-order valence-electron chi connectivity index (χ2n) is 4.90. The van der Waals surface area contributed by atoms with E-state index in [1.54, 1.807) is 6.92 Å². The smallest absolute Gasteiger partial charge is 0.250 e. The summed E-state index contributed by atoms with van der Waals surface area (Å²) in [6.07, 6.45) is 0.997. The maximum Gasteiger partial charge on any atom is 0.250 e. The van der Waals surface area contributed by atoms with Gasteiger partial charge in [0.25, 0.3) is 0 Å². The minimum atomic E-state index is -3.73. The van der Waals surface area contributed by atoms with Gasteiger partial charge in [-0.15, -0.1) is 11.3 Å². The average Bonchev–Trinajstić information content (AvgIpc) is 2.69. The highest BCUT2D eigenvalue weighted by atomic mass is 32.2. The summed E-state index contributed by atoms with van der Waals surface area (Å²) < 4.78 is 50.0. The predicted octanol–water partition coefficient (Wildman–Crippen LogP) is 0.404. The Kier molecular flexibility index (Phi) is 4.55. The Morgan fingerprint density at radius 2 is 2.20 bits per heavy atom. The van der Waals surface area contributed by atoms with Gasteiger partial charge in [0.1, 0.15) is 4.21 Å². The third-order valence-electron chi connectivity index (χ3n) is 3.19. The Hall–Kier alpha value is -0.480. The molecule has 6 nitrogen and oxygen atoms in total. The number of aryl methyl sites for hydroxylation is 1. The molecule has 1 aliphatic heterocycles. The molecule has 1 aromatic rings. The maximum absolute atomic E-state index is 12.2. The summed E-state index contributed by atoms with van der Waals surface area (Å²) in [6, 6.07) is 0.925. The molecule has 0 amide bonds. The number of aliphatic hydroxyl groups excluding tert-OH is 1. The van der Waals surface area contributed by atoms with Crippen LogP contribution >= 0.6 is 11.3 Å². The molecular formula is C11H17NO5S3. The summed E-state index contributed by atoms with van der Waals surface area (Å²) in [4.78, 5) is 0.599. The van der Waals surface area contributed by atoms with Crippen molar-refractivity contribution in [2.24, 2.45) is 0 Å². The molecule has 1 fully saturated rings. The van der Waals surface area contributed by atoms with E-state index in [4.69, 9.17) is 5.11 Å². The van der Waals surface area contributed by atoms with E-state index in [9.17, 15) is 16.8 Å². The number of hydrogen-bond donors (Lipinski definition) is 2. The largest absolute Gasteiger partial charge is 0.391 e. The SMILES string of the molecule is Cc1cc(S(=O)(=O)NC2CCCS(=O)(=O)C2)sc1CO. The van der Waals surface area contributed by atoms with Crippen LogP contribution in [0, 0.1) is 6.92 Å². The summed E-state index contributed by atoms with van der Waals surface area (Å²) in [5.74, 6) is -0.0263. The molecule has 0 bridgehead atoms. The number of nitrogens with one attached hydrogen (secondary N) is 1. The second-order valence-corrected chi connectivity index (χ2v) is 10.2. The lowest BCUT2D eigenvalue weighted by molar-refractivity contribution is 0.285. The van der Waals surface area contributed by atoms with Gasteiger partial charge in [0.05, 0.1) is 18.1 Å². The van der Waals surface area contributed by atoms with Gasteiger partial charge in [0, 0.05) is 10.9 Å². The highest BCUT2D eigenvalue weighted by Crippen LogP contribution is 2.26. The molecule has 0 saturated carbocycles. The minimum Gasteiger partial charge on any atom is -0.391 e. The van der Waals surface area contributed by atoms with Crippen molar-refractivity contribution in [1.29, 1.82) is 0 Å². The molecular weight excluding hydrogens is 322 g/mol. The standard InChI is InChI=1S/C11H17NO5S3/c1-8-5-11(18-10(8)6-13)20(16,17)12-9-3-2-4-19(14,15)7-9/h5,9,12-13H,2-4,6-7H2,1H3. The van der Waals surface area contributed by atoms with Crippen LogP contribution in [-0.2, 0) is 26.5 Å². The quantitative estimate of drug-likeness (QED) is 0.827. The zero-order chi connectivity index (χ0) is 15.0. The second kappa shape index (κ2) is 5.72. The lowest BCUT2D eigenvalue weighted by Gasteiger charge is -2.22. The Bertz CT molecular complexity index is 690. The van der Waals surface area contributed by atoms with Crippen molar-refractivity contribution in [3.8, 4) is 0 Å². The molecule has 1 aliphatic rings. The zero-order valence-corrected chi connectivity index (χ0v) is 13.4. The molecule has 2 heterocycles. The molecule has 0 radical (unpaired) electrons. The Morgan fingerprint density at radius 1 is 1.50 bits per heavy atom. The van der Waals surface area contributed by atoms with Crippen LogP contribution < -0.4 is 4.72 Å². The van der Waals surface area contributed by atoms with Crippen molar-refractivity contribution in [1.82, 2.24) is 4.72 Å². The van der Waals surface area contributed by atoms with Crippen molar-refractivity contribution < 1.29 is 21.9 Å². The fourth-order valence-corrected chi connectivity index (χ4v) is 6.65. The van der Waals surface area contributed by atoms with Crippen LogP contribution in [0.1, 0.15) is 23.3 Å². The summed E-state index contributed by atoms with van der Waals surface area (Å²) >= 11 is 1.01. The Labute approximate surface area is 122 Å². The molecule has 1 aromatic heterocycles. The first-order chi connectivity index (χ1) is 9.23. The van der Waals surface area contributed by atoms with Gasteiger partial charge in [0.15, 0.2) is 9.84 Å². The fourth-order valence-electron chi connectivity index (χ4n) is 2.17. The number of sulfone groups is 1. The Balaban J connectivity index is 2.18. The van der Waals surface area contributed by atoms with Gasteiger partial charge < -0.3 is 5.11 Å². The number of sulfonamides is 1. The van der Waals surface area contributed by atoms with E-state index in [-0.39, 0.29) is 22.3 Å². The van der Waals surface area contributed by atoms with E-state index < -0.39 is 25.9 Å². The lowest BCUT2D eigenvalue weighted by Crippen LogP contribution is -2.42. The normalized spacial score (nSPS) is 22.8. The first-order valence-corrected chi connectivity index (χ1v) is 10.3. The van der Waals surface area contributed by atoms with Crippen LogP contribution in [0.5, 0.6) is 0 Å². The van der Waals surface area contributed by atoms with Gasteiger partial charge in [-0.2, -0.15) is 0 Å². The third-order valence-corrected chi connectivity index (χ3v) is 8.23. The summed E-state index contributed by atoms with van der Waals surface area (Å²) in [5, 5.41) is 9.10. The molecule has 1 saturated heterocycles. The van der Waals surface area contributed by atoms with Gasteiger partial charge >= 0.3 is 0 Å². The van der Waals surface area contributed by atoms with Crippen LogP contribution in [0.2, 0.25) is 0 Å². The van der Waals surface area contributed by atoms with Gasteiger partial charge in [-0.05, 0) is 31.4 Å². The molecule has 0 aromatic carbocycles. The first kappa shape index (κ1) is 15.9. The van der Waals surface area contributed by atoms with Crippen LogP contribution in [-0.4, -0.2) is 39.5 Å². The molecule has 0 aliphatic carbocycles. The fraction of sp³-hybridized carbons (Fsp3) is 0.636. The van der Waals surface area contributed by atoms with E-state index >= 15 is 0 Å². The van der Waals surface area contributed by atoms with E-state index in [0.29, 0.717) is 23.3 Å². The highest BCUT2D eigenvalue weighted by Gasteiger charge is 2.29. The van der Waals surface area contributed by atoms with Crippen molar-refractivity contribution in [2.45, 2.75) is 36.6 Å². The lowest BCUT2D eigenvalue weighted by atomic mass is 10.2. The predicted molar refractivity (Wildman–Crippen MR) is 77.0 cm³/mol. The van der Waals surface area contributed by atoms with Gasteiger partial charge in [-0.3, -0.25) is 0 Å². The average molecular weight is 339 g/mol. The van der Waals surface area contributed by atoms with Gasteiger partial charge in [-0.1, -0.05) is 0 Å². The maximum atomic E-state index is 12.2. The number of rotatable bonds is 4. The molecule has 0 spiro atoms. The van der Waals surface area contributed by atoms with E-state index in [0.717, 1.165) is 11.3 Å². The van der Waals surface area contributed by atoms with Gasteiger partial charge in [-0.25, -0.2) is 21.6 Å². The molecule has 2 rings (SSSR count). The summed E-state index contributed by atoms with van der Waals surface area (Å²) in [5.41, 5.74) is 0.717. The van der Waals surface area contributed by atoms with E-state index in [1.165, 1.54) is 6.07 Å². The monoisotopic (exact) mass is 339 g/mol. The third kappa shape index (κ3) is 3.59. The van der Waals surface area contributed by atoms with Gasteiger partial charge in [0.2, 0.25) is 10.0 Å².